The lowest BCUT2D eigenvalue weighted by Crippen LogP contribution is -2.05. The van der Waals surface area contributed by atoms with E-state index in [1.165, 1.54) is 23.6 Å². The van der Waals surface area contributed by atoms with E-state index in [9.17, 15) is 8.78 Å². The molecular weight excluding hydrogens is 314 g/mol. The van der Waals surface area contributed by atoms with Crippen molar-refractivity contribution in [2.75, 3.05) is 17.8 Å². The van der Waals surface area contributed by atoms with Gasteiger partial charge in [-0.2, -0.15) is 13.9 Å². The molecule has 0 atom stereocenters. The van der Waals surface area contributed by atoms with Crippen LogP contribution in [0.1, 0.15) is 12.5 Å². The van der Waals surface area contributed by atoms with E-state index in [1.807, 2.05) is 0 Å². The first-order valence-corrected chi connectivity index (χ1v) is 7.18. The van der Waals surface area contributed by atoms with Gasteiger partial charge in [0.15, 0.2) is 11.5 Å². The van der Waals surface area contributed by atoms with Crippen LogP contribution in [-0.4, -0.2) is 24.4 Å². The van der Waals surface area contributed by atoms with E-state index in [4.69, 9.17) is 10.5 Å². The summed E-state index contributed by atoms with van der Waals surface area (Å²) in [7, 11) is 0. The molecule has 0 aliphatic carbocycles. The Bertz CT molecular complexity index is 649. The van der Waals surface area contributed by atoms with Gasteiger partial charge in [0.25, 0.3) is 0 Å². The summed E-state index contributed by atoms with van der Waals surface area (Å²) in [5.41, 5.74) is 8.86. The van der Waals surface area contributed by atoms with Gasteiger partial charge in [-0.3, -0.25) is 5.43 Å². The van der Waals surface area contributed by atoms with Crippen LogP contribution in [0.4, 0.5) is 19.7 Å². The molecule has 0 spiro atoms. The van der Waals surface area contributed by atoms with Crippen LogP contribution in [0.2, 0.25) is 0 Å². The molecule has 0 amide bonds. The molecule has 3 N–H and O–H groups in total. The van der Waals surface area contributed by atoms with E-state index < -0.39 is 6.61 Å². The van der Waals surface area contributed by atoms with Gasteiger partial charge in [-0.1, -0.05) is 0 Å². The maximum atomic E-state index is 12.3. The van der Waals surface area contributed by atoms with Crippen molar-refractivity contribution >= 4 is 28.5 Å². The number of aromatic nitrogens is 1. The summed E-state index contributed by atoms with van der Waals surface area (Å²) in [6.45, 7) is -0.825. The molecule has 1 heterocycles. The van der Waals surface area contributed by atoms with E-state index in [2.05, 4.69) is 20.2 Å². The van der Waals surface area contributed by atoms with Gasteiger partial charge in [0.1, 0.15) is 5.82 Å². The van der Waals surface area contributed by atoms with Crippen molar-refractivity contribution in [3.05, 3.63) is 29.1 Å². The number of rotatable bonds is 7. The second-order valence-electron chi connectivity index (χ2n) is 3.97. The van der Waals surface area contributed by atoms with Gasteiger partial charge >= 0.3 is 6.61 Å². The van der Waals surface area contributed by atoms with Crippen LogP contribution in [0.15, 0.2) is 28.7 Å². The van der Waals surface area contributed by atoms with Crippen LogP contribution in [-0.2, 0) is 0 Å². The summed E-state index contributed by atoms with van der Waals surface area (Å²) in [5.74, 6) is 0.620. The topological polar surface area (TPSA) is 81.8 Å². The van der Waals surface area contributed by atoms with Gasteiger partial charge in [-0.25, -0.2) is 4.98 Å². The Morgan fingerprint density at radius 2 is 2.27 bits per heavy atom. The van der Waals surface area contributed by atoms with Crippen LogP contribution in [0.3, 0.4) is 0 Å². The molecule has 2 rings (SSSR count). The summed E-state index contributed by atoms with van der Waals surface area (Å²) in [4.78, 5) is 3.98. The number of hydrazone groups is 1. The monoisotopic (exact) mass is 328 g/mol. The van der Waals surface area contributed by atoms with Crippen molar-refractivity contribution in [2.45, 2.75) is 13.5 Å². The highest BCUT2D eigenvalue weighted by molar-refractivity contribution is 7.14. The number of thiazole rings is 1. The number of nitrogens with two attached hydrogens (primary N) is 1. The third-order valence-corrected chi connectivity index (χ3v) is 3.14. The zero-order valence-corrected chi connectivity index (χ0v) is 12.4. The highest BCUT2D eigenvalue weighted by Gasteiger charge is 2.11. The number of hydrogen-bond acceptors (Lipinski definition) is 7. The highest BCUT2D eigenvalue weighted by Crippen LogP contribution is 2.29. The quantitative estimate of drug-likeness (QED) is 0.602. The number of hydrogen-bond donors (Lipinski definition) is 2. The minimum absolute atomic E-state index is 0.0188. The van der Waals surface area contributed by atoms with Crippen LogP contribution in [0.25, 0.3) is 0 Å². The molecule has 22 heavy (non-hydrogen) atoms. The van der Waals surface area contributed by atoms with Gasteiger partial charge in [0, 0.05) is 5.38 Å². The molecule has 0 bridgehead atoms. The lowest BCUT2D eigenvalue weighted by molar-refractivity contribution is -0.0514. The Morgan fingerprint density at radius 3 is 2.91 bits per heavy atom. The summed E-state index contributed by atoms with van der Waals surface area (Å²) >= 11 is 1.32. The SMILES string of the molecule is CCOc1cc(C=NNc2nc(N)cs2)ccc1OC(F)F. The second kappa shape index (κ2) is 7.55. The number of benzene rings is 1. The van der Waals surface area contributed by atoms with E-state index in [0.29, 0.717) is 23.1 Å². The highest BCUT2D eigenvalue weighted by atomic mass is 32.1. The number of ether oxygens (including phenoxy) is 2. The molecule has 118 valence electrons. The first-order chi connectivity index (χ1) is 10.6. The molecule has 1 aromatic heterocycles. The zero-order chi connectivity index (χ0) is 15.9. The summed E-state index contributed by atoms with van der Waals surface area (Å²) in [6.07, 6.45) is 1.51. The Labute approximate surface area is 129 Å². The van der Waals surface area contributed by atoms with Crippen molar-refractivity contribution in [3.8, 4) is 11.5 Å². The minimum Gasteiger partial charge on any atom is -0.490 e. The van der Waals surface area contributed by atoms with Gasteiger partial charge in [-0.15, -0.1) is 11.3 Å². The Kier molecular flexibility index (Phi) is 5.48. The Hall–Kier alpha value is -2.42. The molecule has 1 aromatic carbocycles. The molecule has 0 aliphatic rings. The van der Waals surface area contributed by atoms with Crippen molar-refractivity contribution in [3.63, 3.8) is 0 Å². The molecule has 0 saturated carbocycles. The van der Waals surface area contributed by atoms with Crippen molar-refractivity contribution in [1.29, 1.82) is 0 Å². The molecule has 0 unspecified atom stereocenters. The number of nitrogens with zero attached hydrogens (tertiary/aromatic N) is 2. The molecule has 9 heteroatoms. The lowest BCUT2D eigenvalue weighted by atomic mass is 10.2. The van der Waals surface area contributed by atoms with Crippen molar-refractivity contribution in [2.24, 2.45) is 5.10 Å². The normalized spacial score (nSPS) is 11.1. The fourth-order valence-electron chi connectivity index (χ4n) is 1.57. The number of anilines is 2. The number of nitrogens with one attached hydrogen (secondary N) is 1. The van der Waals surface area contributed by atoms with Crippen LogP contribution >= 0.6 is 11.3 Å². The smallest absolute Gasteiger partial charge is 0.387 e. The number of nitrogen functional groups attached to an aromatic ring is 1. The first kappa shape index (κ1) is 16.0. The molecule has 6 nitrogen and oxygen atoms in total. The number of alkyl halides is 2. The van der Waals surface area contributed by atoms with E-state index >= 15 is 0 Å². The lowest BCUT2D eigenvalue weighted by Gasteiger charge is -2.11. The zero-order valence-electron chi connectivity index (χ0n) is 11.6. The maximum Gasteiger partial charge on any atom is 0.387 e. The standard InChI is InChI=1S/C13H14F2N4O2S/c1-2-20-10-5-8(3-4-9(10)21-12(14)15)6-17-19-13-18-11(16)7-22-13/h3-7,12H,2,16H2,1H3,(H,18,19). The van der Waals surface area contributed by atoms with Crippen LogP contribution in [0, 0.1) is 0 Å². The number of halogens is 2. The second-order valence-corrected chi connectivity index (χ2v) is 4.82. The van der Waals surface area contributed by atoms with Gasteiger partial charge in [0.2, 0.25) is 5.13 Å². The van der Waals surface area contributed by atoms with Crippen LogP contribution < -0.4 is 20.6 Å². The molecule has 2 aromatic rings. The average Bonchev–Trinajstić information content (AvgIpc) is 2.87. The third-order valence-electron chi connectivity index (χ3n) is 2.38. The van der Waals surface area contributed by atoms with Crippen LogP contribution in [0.5, 0.6) is 11.5 Å². The molecule has 0 saturated heterocycles. The van der Waals surface area contributed by atoms with Crippen molar-refractivity contribution < 1.29 is 18.3 Å². The molecule has 0 radical (unpaired) electrons. The van der Waals surface area contributed by atoms with E-state index in [1.54, 1.807) is 24.4 Å². The van der Waals surface area contributed by atoms with Gasteiger partial charge < -0.3 is 15.2 Å². The average molecular weight is 328 g/mol. The third kappa shape index (κ3) is 4.55. The Balaban J connectivity index is 2.08. The fourth-order valence-corrected chi connectivity index (χ4v) is 2.11. The maximum absolute atomic E-state index is 12.3. The van der Waals surface area contributed by atoms with E-state index in [0.717, 1.165) is 0 Å². The predicted molar refractivity (Wildman–Crippen MR) is 82.0 cm³/mol. The molecule has 0 fully saturated rings. The summed E-state index contributed by atoms with van der Waals surface area (Å²) in [5, 5.41) is 6.22. The predicted octanol–water partition coefficient (Wildman–Crippen LogP) is 3.17. The summed E-state index contributed by atoms with van der Waals surface area (Å²) in [6, 6.07) is 4.55. The van der Waals surface area contributed by atoms with E-state index in [-0.39, 0.29) is 11.5 Å². The molecule has 0 aliphatic heterocycles. The largest absolute Gasteiger partial charge is 0.490 e. The Morgan fingerprint density at radius 1 is 1.45 bits per heavy atom. The minimum atomic E-state index is -2.91. The van der Waals surface area contributed by atoms with Gasteiger partial charge in [-0.05, 0) is 30.7 Å². The fraction of sp³-hybridized carbons (Fsp3) is 0.231. The molecular formula is C13H14F2N4O2S. The van der Waals surface area contributed by atoms with Gasteiger partial charge in [0.05, 0.1) is 12.8 Å². The summed E-state index contributed by atoms with van der Waals surface area (Å²) < 4.78 is 34.3. The van der Waals surface area contributed by atoms with Crippen molar-refractivity contribution in [1.82, 2.24) is 4.98 Å². The first-order valence-electron chi connectivity index (χ1n) is 6.30.